The Kier molecular flexibility index (Phi) is 66.5. The molecular weight excluding hydrogens is 494 g/mol. The molecule has 4 heteroatoms. The third-order valence-electron chi connectivity index (χ3n) is 0. The second-order valence-electron chi connectivity index (χ2n) is 0. The molecule has 4 heavy (non-hydrogen) atoms. The zero-order valence-electron chi connectivity index (χ0n) is 4.14. The van der Waals surface area contributed by atoms with E-state index in [0.29, 0.717) is 0 Å². The average molecular weight is 498 g/mol. The van der Waals surface area contributed by atoms with Gasteiger partial charge in [0.1, 0.15) is 0 Å². The Hall–Kier alpha value is 2.90. The minimum absolute atomic E-state index is 0. The zero-order valence-corrected chi connectivity index (χ0v) is 13.3. The molecule has 0 aliphatic heterocycles. The molecule has 0 aliphatic rings. The van der Waals surface area contributed by atoms with Crippen molar-refractivity contribution in [3.63, 3.8) is 0 Å². The molecule has 0 spiro atoms. The monoisotopic (exact) mass is 498 g/mol. The molecule has 0 N–H and O–H groups in total. The molecule has 0 aromatic carbocycles. The summed E-state index contributed by atoms with van der Waals surface area (Å²) in [6.45, 7) is 0. The maximum Gasteiger partial charge on any atom is 2.00 e. The molecule has 0 rings (SSSR count). The summed E-state index contributed by atoms with van der Waals surface area (Å²) in [7, 11) is 0. The Morgan fingerprint density at radius 1 is 1.50 bits per heavy atom. The van der Waals surface area contributed by atoms with Crippen LogP contribution < -0.4 is 0 Å². The SMILES string of the molecule is [BiH2].[H-].[H-].[O]=[Ta].[Sr+2]. The van der Waals surface area contributed by atoms with Gasteiger partial charge in [0.15, 0.2) is 0 Å². The summed E-state index contributed by atoms with van der Waals surface area (Å²) >= 11 is 0.194. The maximum absolute atomic E-state index is 8.36. The first-order chi connectivity index (χ1) is 1.00. The summed E-state index contributed by atoms with van der Waals surface area (Å²) in [5, 5.41) is 0. The van der Waals surface area contributed by atoms with Crippen LogP contribution in [0.25, 0.3) is 0 Å². The predicted molar refractivity (Wildman–Crippen MR) is 17.2 cm³/mol. The molecule has 0 amide bonds. The van der Waals surface area contributed by atoms with Gasteiger partial charge in [0, 0.05) is 0 Å². The van der Waals surface area contributed by atoms with Crippen LogP contribution in [-0.2, 0) is 24.3 Å². The van der Waals surface area contributed by atoms with E-state index in [4.69, 9.17) is 3.25 Å². The van der Waals surface area contributed by atoms with Crippen molar-refractivity contribution in [2.24, 2.45) is 0 Å². The molecule has 0 aromatic rings. The van der Waals surface area contributed by atoms with E-state index in [2.05, 4.69) is 0 Å². The van der Waals surface area contributed by atoms with Gasteiger partial charge in [-0.2, -0.15) is 0 Å². The second kappa shape index (κ2) is 16.8. The van der Waals surface area contributed by atoms with Gasteiger partial charge in [0.05, 0.1) is 0 Å². The van der Waals surface area contributed by atoms with Crippen molar-refractivity contribution in [1.82, 2.24) is 0 Å². The van der Waals surface area contributed by atoms with Crippen LogP contribution in [0, 0.1) is 0 Å². The molecule has 0 heterocycles. The van der Waals surface area contributed by atoms with Gasteiger partial charge in [-0.05, 0) is 0 Å². The summed E-state index contributed by atoms with van der Waals surface area (Å²) in [6.07, 6.45) is 0. The van der Waals surface area contributed by atoms with Crippen molar-refractivity contribution in [3.8, 4) is 0 Å². The second-order valence-corrected chi connectivity index (χ2v) is 0. The van der Waals surface area contributed by atoms with Gasteiger partial charge >= 0.3 is 96.0 Å². The van der Waals surface area contributed by atoms with Crippen LogP contribution >= 0.6 is 0 Å². The van der Waals surface area contributed by atoms with Gasteiger partial charge in [-0.15, -0.1) is 0 Å². The van der Waals surface area contributed by atoms with Gasteiger partial charge < -0.3 is 2.85 Å². The Labute approximate surface area is 96.5 Å². The number of hydrogen-bond acceptors (Lipinski definition) is 1. The van der Waals surface area contributed by atoms with Crippen molar-refractivity contribution in [1.29, 1.82) is 0 Å². The van der Waals surface area contributed by atoms with E-state index >= 15 is 0 Å². The summed E-state index contributed by atoms with van der Waals surface area (Å²) in [4.78, 5) is 0. The predicted octanol–water partition coefficient (Wildman–Crippen LogP) is -1.19. The fourth-order valence-electron chi connectivity index (χ4n) is 0. The topological polar surface area (TPSA) is 17.1 Å². The van der Waals surface area contributed by atoms with E-state index in [1.54, 1.807) is 0 Å². The standard InChI is InChI=1S/Bi.O.Sr.Ta.4H/q;;+2;;;;2*-1. The summed E-state index contributed by atoms with van der Waals surface area (Å²) in [6, 6.07) is 0. The van der Waals surface area contributed by atoms with Gasteiger partial charge in [0.25, 0.3) is 0 Å². The van der Waals surface area contributed by atoms with E-state index in [0.717, 1.165) is 0 Å². The normalized spacial score (nSPS) is 0.750. The molecule has 0 aliphatic carbocycles. The van der Waals surface area contributed by atoms with E-state index in [9.17, 15) is 0 Å². The first-order valence-electron chi connectivity index (χ1n) is 0.183. The number of rotatable bonds is 0. The van der Waals surface area contributed by atoms with Gasteiger partial charge in [-0.3, -0.25) is 0 Å². The minimum atomic E-state index is 0. The van der Waals surface area contributed by atoms with Crippen LogP contribution in [0.15, 0.2) is 0 Å². The van der Waals surface area contributed by atoms with Gasteiger partial charge in [-0.25, -0.2) is 0 Å². The van der Waals surface area contributed by atoms with Crippen molar-refractivity contribution >= 4 is 71.7 Å². The summed E-state index contributed by atoms with van der Waals surface area (Å²) in [5.74, 6) is 0. The average Bonchev–Trinajstić information content (AvgIpc) is 1.00. The van der Waals surface area contributed by atoms with Crippen molar-refractivity contribution in [3.05, 3.63) is 0 Å². The third-order valence-corrected chi connectivity index (χ3v) is 0. The molecule has 0 bridgehead atoms. The Morgan fingerprint density at radius 2 is 1.50 bits per heavy atom. The zero-order chi connectivity index (χ0) is 2.00. The van der Waals surface area contributed by atoms with Crippen molar-refractivity contribution in [2.75, 3.05) is 0 Å². The van der Waals surface area contributed by atoms with Crippen molar-refractivity contribution < 1.29 is 27.1 Å². The summed E-state index contributed by atoms with van der Waals surface area (Å²) < 4.78 is 8.36. The van der Waals surface area contributed by atoms with E-state index < -0.39 is 0 Å². The fourth-order valence-corrected chi connectivity index (χ4v) is 0. The van der Waals surface area contributed by atoms with Crippen molar-refractivity contribution in [2.45, 2.75) is 0 Å². The minimum Gasteiger partial charge on any atom is 2.00 e. The summed E-state index contributed by atoms with van der Waals surface area (Å²) in [5.41, 5.74) is 0. The molecule has 22 valence electrons. The Bertz CT molecular complexity index is 13.5. The molecular formula is H4BiOSrTa. The first kappa shape index (κ1) is 15.8. The van der Waals surface area contributed by atoms with E-state index in [-0.39, 0.29) is 95.6 Å². The van der Waals surface area contributed by atoms with E-state index in [1.807, 2.05) is 0 Å². The number of hydrogen-bond donors (Lipinski definition) is 0. The largest absolute Gasteiger partial charge is 2.00 e. The molecule has 0 aromatic heterocycles. The van der Waals surface area contributed by atoms with E-state index in [1.165, 1.54) is 0 Å². The molecule has 1 nitrogen and oxygen atoms in total. The van der Waals surface area contributed by atoms with Crippen LogP contribution in [0.4, 0.5) is 0 Å². The first-order valence-corrected chi connectivity index (χ1v) is 1.49. The van der Waals surface area contributed by atoms with Crippen LogP contribution in [-0.4, -0.2) is 71.7 Å². The maximum atomic E-state index is 8.36. The van der Waals surface area contributed by atoms with Crippen LogP contribution in [0.2, 0.25) is 0 Å². The van der Waals surface area contributed by atoms with Gasteiger partial charge in [-0.1, -0.05) is 0 Å². The molecule has 0 fully saturated rings. The van der Waals surface area contributed by atoms with Crippen LogP contribution in [0.3, 0.4) is 0 Å². The molecule has 0 saturated heterocycles. The van der Waals surface area contributed by atoms with Crippen LogP contribution in [0.1, 0.15) is 2.85 Å². The quantitative estimate of drug-likeness (QED) is 0.385. The molecule has 0 unspecified atom stereocenters. The molecule has 0 atom stereocenters. The fraction of sp³-hybridized carbons (Fsp3) is 0. The third kappa shape index (κ3) is 8.86. The molecule has 1 radical (unpaired) electrons. The Balaban J connectivity index is -0.000000000833. The van der Waals surface area contributed by atoms with Crippen LogP contribution in [0.5, 0.6) is 0 Å². The van der Waals surface area contributed by atoms with Gasteiger partial charge in [0.2, 0.25) is 0 Å². The smallest absolute Gasteiger partial charge is 2.00 e. The Morgan fingerprint density at radius 3 is 1.50 bits per heavy atom. The molecule has 0 saturated carbocycles.